The maximum absolute atomic E-state index is 13.1. The van der Waals surface area contributed by atoms with E-state index < -0.39 is 11.6 Å². The number of hydrogen-bond donors (Lipinski definition) is 1. The number of methoxy groups -OCH3 is 3. The van der Waals surface area contributed by atoms with Crippen molar-refractivity contribution >= 4 is 17.6 Å². The van der Waals surface area contributed by atoms with E-state index in [0.717, 1.165) is 5.56 Å². The lowest BCUT2D eigenvalue weighted by Crippen LogP contribution is -2.58. The highest BCUT2D eigenvalue weighted by Gasteiger charge is 2.56. The highest BCUT2D eigenvalue weighted by atomic mass is 16.5. The van der Waals surface area contributed by atoms with Crippen molar-refractivity contribution in [3.8, 4) is 5.75 Å². The molecule has 0 radical (unpaired) electrons. The Hall–Kier alpha value is -2.84. The minimum absolute atomic E-state index is 0.0219. The summed E-state index contributed by atoms with van der Waals surface area (Å²) in [7, 11) is 4.44. The predicted octanol–water partition coefficient (Wildman–Crippen LogP) is 2.42. The molecular formula is C23H28N2O6. The lowest BCUT2D eigenvalue weighted by molar-refractivity contribution is -0.215. The smallest absolute Gasteiger partial charge is 0.337 e. The number of carbonyl (C=O) groups is 2. The van der Waals surface area contributed by atoms with Crippen molar-refractivity contribution in [2.24, 2.45) is 11.8 Å². The summed E-state index contributed by atoms with van der Waals surface area (Å²) in [5.74, 6) is -0.190. The van der Waals surface area contributed by atoms with Crippen LogP contribution in [0.3, 0.4) is 0 Å². The molecule has 166 valence electrons. The molecular weight excluding hydrogens is 400 g/mol. The van der Waals surface area contributed by atoms with Gasteiger partial charge in [-0.3, -0.25) is 9.69 Å². The van der Waals surface area contributed by atoms with Crippen molar-refractivity contribution in [2.45, 2.75) is 24.7 Å². The molecule has 0 aromatic heterocycles. The fraction of sp³-hybridized carbons (Fsp3) is 0.478. The first-order chi connectivity index (χ1) is 15.0. The minimum Gasteiger partial charge on any atom is -0.504 e. The van der Waals surface area contributed by atoms with Gasteiger partial charge in [0.05, 0.1) is 44.4 Å². The molecule has 1 spiro atoms. The molecule has 0 saturated carbocycles. The molecule has 0 bridgehead atoms. The van der Waals surface area contributed by atoms with E-state index in [-0.39, 0.29) is 24.0 Å². The predicted molar refractivity (Wildman–Crippen MR) is 113 cm³/mol. The lowest BCUT2D eigenvalue weighted by Gasteiger charge is -2.50. The van der Waals surface area contributed by atoms with Crippen LogP contribution in [-0.2, 0) is 29.4 Å². The van der Waals surface area contributed by atoms with E-state index in [4.69, 9.17) is 18.9 Å². The first-order valence-electron chi connectivity index (χ1n) is 10.3. The molecule has 1 aromatic carbocycles. The van der Waals surface area contributed by atoms with Gasteiger partial charge in [0.2, 0.25) is 0 Å². The number of hydrogen-bond acceptors (Lipinski definition) is 7. The number of nitrogens with one attached hydrogen (secondary N) is 1. The SMILES string of the molecule is C=CC1CN2CCC3(OC2CC1C(=COC)C(=O)OC)C(=O)Nc1cccc(OC)c13. The Morgan fingerprint density at radius 3 is 2.84 bits per heavy atom. The zero-order chi connectivity index (χ0) is 22.2. The molecule has 31 heavy (non-hydrogen) atoms. The fourth-order valence-electron chi connectivity index (χ4n) is 5.04. The normalized spacial score (nSPS) is 30.2. The van der Waals surface area contributed by atoms with E-state index in [0.29, 0.717) is 42.9 Å². The van der Waals surface area contributed by atoms with E-state index in [1.165, 1.54) is 20.5 Å². The van der Waals surface area contributed by atoms with Crippen molar-refractivity contribution in [1.82, 2.24) is 4.90 Å². The maximum atomic E-state index is 13.1. The molecule has 4 rings (SSSR count). The molecule has 8 heteroatoms. The van der Waals surface area contributed by atoms with Crippen LogP contribution in [0, 0.1) is 11.8 Å². The molecule has 3 heterocycles. The third-order valence-electron chi connectivity index (χ3n) is 6.55. The molecule has 3 aliphatic rings. The summed E-state index contributed by atoms with van der Waals surface area (Å²) in [6.07, 6.45) is 3.94. The highest BCUT2D eigenvalue weighted by molar-refractivity contribution is 6.06. The van der Waals surface area contributed by atoms with E-state index in [2.05, 4.69) is 16.8 Å². The van der Waals surface area contributed by atoms with Gasteiger partial charge in [-0.15, -0.1) is 6.58 Å². The van der Waals surface area contributed by atoms with Gasteiger partial charge in [0.15, 0.2) is 5.60 Å². The molecule has 0 aliphatic carbocycles. The van der Waals surface area contributed by atoms with Crippen LogP contribution >= 0.6 is 0 Å². The van der Waals surface area contributed by atoms with Gasteiger partial charge < -0.3 is 24.3 Å². The summed E-state index contributed by atoms with van der Waals surface area (Å²) < 4.78 is 22.3. The Kier molecular flexibility index (Phi) is 5.77. The Morgan fingerprint density at radius 2 is 2.16 bits per heavy atom. The summed E-state index contributed by atoms with van der Waals surface area (Å²) in [5, 5.41) is 2.95. The third-order valence-corrected chi connectivity index (χ3v) is 6.55. The van der Waals surface area contributed by atoms with Crippen LogP contribution in [-0.4, -0.2) is 57.4 Å². The van der Waals surface area contributed by atoms with Crippen molar-refractivity contribution in [1.29, 1.82) is 0 Å². The van der Waals surface area contributed by atoms with Gasteiger partial charge in [-0.2, -0.15) is 0 Å². The van der Waals surface area contributed by atoms with Crippen molar-refractivity contribution in [2.75, 3.05) is 39.7 Å². The zero-order valence-electron chi connectivity index (χ0n) is 18.1. The number of nitrogens with zero attached hydrogens (tertiary/aromatic N) is 1. The fourth-order valence-corrected chi connectivity index (χ4v) is 5.04. The number of benzene rings is 1. The second kappa shape index (κ2) is 8.36. The van der Waals surface area contributed by atoms with Crippen LogP contribution < -0.4 is 10.1 Å². The van der Waals surface area contributed by atoms with Gasteiger partial charge >= 0.3 is 5.97 Å². The number of fused-ring (bicyclic) bond motifs is 3. The zero-order valence-corrected chi connectivity index (χ0v) is 18.1. The quantitative estimate of drug-likeness (QED) is 0.334. The monoisotopic (exact) mass is 428 g/mol. The number of piperidine rings is 1. The molecule has 1 N–H and O–H groups in total. The van der Waals surface area contributed by atoms with Gasteiger partial charge in [-0.05, 0) is 24.5 Å². The Bertz CT molecular complexity index is 929. The number of carbonyl (C=O) groups excluding carboxylic acids is 2. The largest absolute Gasteiger partial charge is 0.504 e. The Morgan fingerprint density at radius 1 is 1.35 bits per heavy atom. The number of amides is 1. The van der Waals surface area contributed by atoms with Gasteiger partial charge in [0.1, 0.15) is 12.0 Å². The van der Waals surface area contributed by atoms with Crippen molar-refractivity contribution < 1.29 is 28.5 Å². The van der Waals surface area contributed by atoms with Crippen LogP contribution in [0.2, 0.25) is 0 Å². The number of esters is 1. The maximum Gasteiger partial charge on any atom is 0.337 e. The number of ether oxygens (including phenoxy) is 4. The highest BCUT2D eigenvalue weighted by Crippen LogP contribution is 2.51. The Labute approximate surface area is 181 Å². The average Bonchev–Trinajstić information content (AvgIpc) is 3.06. The summed E-state index contributed by atoms with van der Waals surface area (Å²) in [5.41, 5.74) is 0.769. The summed E-state index contributed by atoms with van der Waals surface area (Å²) >= 11 is 0. The van der Waals surface area contributed by atoms with E-state index >= 15 is 0 Å². The molecule has 1 amide bonds. The Balaban J connectivity index is 1.68. The molecule has 2 saturated heterocycles. The van der Waals surface area contributed by atoms with Crippen LogP contribution in [0.5, 0.6) is 5.75 Å². The number of anilines is 1. The van der Waals surface area contributed by atoms with Crippen LogP contribution in [0.1, 0.15) is 18.4 Å². The first-order valence-corrected chi connectivity index (χ1v) is 10.3. The van der Waals surface area contributed by atoms with Gasteiger partial charge in [0, 0.05) is 25.4 Å². The number of rotatable bonds is 5. The van der Waals surface area contributed by atoms with Crippen LogP contribution in [0.15, 0.2) is 42.7 Å². The molecule has 2 fully saturated rings. The first kappa shape index (κ1) is 21.4. The summed E-state index contributed by atoms with van der Waals surface area (Å²) in [4.78, 5) is 27.7. The average molecular weight is 428 g/mol. The molecule has 4 atom stereocenters. The van der Waals surface area contributed by atoms with E-state index in [1.54, 1.807) is 7.11 Å². The molecule has 3 aliphatic heterocycles. The second-order valence-electron chi connectivity index (χ2n) is 8.02. The standard InChI is InChI=1S/C23H28N2O6/c1-5-14-12-25-10-9-23(20-17(24-22(23)27)7-6-8-18(20)29-3)31-19(25)11-15(14)16(13-28-2)21(26)30-4/h5-8,13-15,19H,1,9-12H2,2-4H3,(H,24,27). The summed E-state index contributed by atoms with van der Waals surface area (Å²) in [6, 6.07) is 5.54. The third kappa shape index (κ3) is 3.40. The van der Waals surface area contributed by atoms with E-state index in [9.17, 15) is 9.59 Å². The topological polar surface area (TPSA) is 86.3 Å². The summed E-state index contributed by atoms with van der Waals surface area (Å²) in [6.45, 7) is 5.30. The van der Waals surface area contributed by atoms with Gasteiger partial charge in [-0.1, -0.05) is 12.1 Å². The second-order valence-corrected chi connectivity index (χ2v) is 8.02. The molecule has 8 nitrogen and oxygen atoms in total. The minimum atomic E-state index is -1.12. The van der Waals surface area contributed by atoms with E-state index in [1.807, 2.05) is 24.3 Å². The molecule has 1 aromatic rings. The lowest BCUT2D eigenvalue weighted by atomic mass is 9.78. The van der Waals surface area contributed by atoms with Crippen molar-refractivity contribution in [3.05, 3.63) is 48.3 Å². The van der Waals surface area contributed by atoms with Crippen LogP contribution in [0.25, 0.3) is 0 Å². The van der Waals surface area contributed by atoms with Crippen molar-refractivity contribution in [3.63, 3.8) is 0 Å². The molecule has 4 unspecified atom stereocenters. The van der Waals surface area contributed by atoms with Gasteiger partial charge in [0.25, 0.3) is 5.91 Å². The van der Waals surface area contributed by atoms with Crippen LogP contribution in [0.4, 0.5) is 5.69 Å². The van der Waals surface area contributed by atoms with Gasteiger partial charge in [-0.25, -0.2) is 4.79 Å².